The number of phenolic OH excluding ortho intramolecular Hbond substituents is 2. The standard InChI is InChI=1S/C14H15N3O3S/c18-10-1-2-11(12(19)9-10)13(20)16-4-6-17(7-5-16)14-15-3-8-21-14/h1-3,8-9,18-19H,4-7H2. The van der Waals surface area contributed by atoms with Crippen molar-refractivity contribution in [2.45, 2.75) is 0 Å². The van der Waals surface area contributed by atoms with Gasteiger partial charge in [-0.1, -0.05) is 0 Å². The number of benzene rings is 1. The molecule has 1 aromatic heterocycles. The third-order valence-corrected chi connectivity index (χ3v) is 4.30. The van der Waals surface area contributed by atoms with E-state index in [1.165, 1.54) is 18.2 Å². The molecule has 2 N–H and O–H groups in total. The van der Waals surface area contributed by atoms with Crippen molar-refractivity contribution in [3.63, 3.8) is 0 Å². The van der Waals surface area contributed by atoms with E-state index in [1.807, 2.05) is 5.38 Å². The molecule has 1 aliphatic heterocycles. The minimum atomic E-state index is -0.216. The molecule has 3 rings (SSSR count). The number of carbonyl (C=O) groups excluding carboxylic acids is 1. The SMILES string of the molecule is O=C(c1ccc(O)cc1O)N1CCN(c2nccs2)CC1. The molecule has 0 atom stereocenters. The molecule has 7 heteroatoms. The first-order valence-corrected chi connectivity index (χ1v) is 7.49. The Morgan fingerprint density at radius 2 is 1.95 bits per heavy atom. The molecule has 0 bridgehead atoms. The number of aromatic hydroxyl groups is 2. The Morgan fingerprint density at radius 3 is 2.57 bits per heavy atom. The van der Waals surface area contributed by atoms with Gasteiger partial charge in [0.2, 0.25) is 0 Å². The van der Waals surface area contributed by atoms with Crippen LogP contribution in [0.25, 0.3) is 0 Å². The number of anilines is 1. The summed E-state index contributed by atoms with van der Waals surface area (Å²) in [6.07, 6.45) is 1.77. The van der Waals surface area contributed by atoms with Crippen LogP contribution in [-0.4, -0.2) is 52.2 Å². The van der Waals surface area contributed by atoms with Crippen LogP contribution in [0.15, 0.2) is 29.8 Å². The van der Waals surface area contributed by atoms with Gasteiger partial charge in [-0.25, -0.2) is 4.98 Å². The Balaban J connectivity index is 1.67. The van der Waals surface area contributed by atoms with E-state index in [4.69, 9.17) is 0 Å². The lowest BCUT2D eigenvalue weighted by Gasteiger charge is -2.34. The molecule has 0 radical (unpaired) electrons. The lowest BCUT2D eigenvalue weighted by molar-refractivity contribution is 0.0743. The van der Waals surface area contributed by atoms with Crippen LogP contribution >= 0.6 is 11.3 Å². The number of carbonyl (C=O) groups is 1. The topological polar surface area (TPSA) is 76.9 Å². The monoisotopic (exact) mass is 305 g/mol. The summed E-state index contributed by atoms with van der Waals surface area (Å²) < 4.78 is 0. The Morgan fingerprint density at radius 1 is 1.19 bits per heavy atom. The minimum absolute atomic E-state index is 0.0577. The van der Waals surface area contributed by atoms with Gasteiger partial charge in [0, 0.05) is 43.8 Å². The largest absolute Gasteiger partial charge is 0.508 e. The number of thiazole rings is 1. The molecule has 1 aliphatic rings. The Kier molecular flexibility index (Phi) is 3.66. The van der Waals surface area contributed by atoms with E-state index in [9.17, 15) is 15.0 Å². The Labute approximate surface area is 125 Å². The summed E-state index contributed by atoms with van der Waals surface area (Å²) in [6.45, 7) is 2.60. The second-order valence-electron chi connectivity index (χ2n) is 4.80. The summed E-state index contributed by atoms with van der Waals surface area (Å²) >= 11 is 1.58. The van der Waals surface area contributed by atoms with Gasteiger partial charge in [0.1, 0.15) is 11.5 Å². The molecule has 0 aliphatic carbocycles. The van der Waals surface area contributed by atoms with E-state index < -0.39 is 0 Å². The maximum Gasteiger partial charge on any atom is 0.257 e. The quantitative estimate of drug-likeness (QED) is 0.879. The van der Waals surface area contributed by atoms with Crippen LogP contribution in [-0.2, 0) is 0 Å². The van der Waals surface area contributed by atoms with Gasteiger partial charge in [-0.3, -0.25) is 4.79 Å². The average molecular weight is 305 g/mol. The van der Waals surface area contributed by atoms with Gasteiger partial charge < -0.3 is 20.0 Å². The first-order chi connectivity index (χ1) is 10.1. The maximum atomic E-state index is 12.4. The van der Waals surface area contributed by atoms with Crippen molar-refractivity contribution in [3.05, 3.63) is 35.3 Å². The number of amides is 1. The summed E-state index contributed by atoms with van der Waals surface area (Å²) in [4.78, 5) is 20.5. The molecular weight excluding hydrogens is 290 g/mol. The minimum Gasteiger partial charge on any atom is -0.508 e. The van der Waals surface area contributed by atoms with Crippen molar-refractivity contribution >= 4 is 22.4 Å². The summed E-state index contributed by atoms with van der Waals surface area (Å²) in [5, 5.41) is 21.9. The van der Waals surface area contributed by atoms with Crippen molar-refractivity contribution in [2.75, 3.05) is 31.1 Å². The van der Waals surface area contributed by atoms with E-state index in [1.54, 1.807) is 22.4 Å². The fraction of sp³-hybridized carbons (Fsp3) is 0.286. The third-order valence-electron chi connectivity index (χ3n) is 3.47. The highest BCUT2D eigenvalue weighted by Gasteiger charge is 2.24. The van der Waals surface area contributed by atoms with Crippen LogP contribution in [0.5, 0.6) is 11.5 Å². The van der Waals surface area contributed by atoms with Crippen LogP contribution in [0, 0.1) is 0 Å². The summed E-state index contributed by atoms with van der Waals surface area (Å²) in [6, 6.07) is 4.03. The molecule has 0 saturated carbocycles. The van der Waals surface area contributed by atoms with E-state index in [0.29, 0.717) is 13.1 Å². The molecule has 1 saturated heterocycles. The lowest BCUT2D eigenvalue weighted by Crippen LogP contribution is -2.48. The van der Waals surface area contributed by atoms with Crippen LogP contribution in [0.3, 0.4) is 0 Å². The van der Waals surface area contributed by atoms with E-state index in [-0.39, 0.29) is 23.0 Å². The number of hydrogen-bond acceptors (Lipinski definition) is 6. The normalized spacial score (nSPS) is 15.2. The van der Waals surface area contributed by atoms with E-state index in [0.717, 1.165) is 18.2 Å². The van der Waals surface area contributed by atoms with Gasteiger partial charge in [0.05, 0.1) is 5.56 Å². The van der Waals surface area contributed by atoms with Gasteiger partial charge in [0.15, 0.2) is 5.13 Å². The predicted molar refractivity (Wildman–Crippen MR) is 80.0 cm³/mol. The van der Waals surface area contributed by atoms with Crippen LogP contribution in [0.4, 0.5) is 5.13 Å². The van der Waals surface area contributed by atoms with Crippen LogP contribution in [0.1, 0.15) is 10.4 Å². The number of rotatable bonds is 2. The van der Waals surface area contributed by atoms with Gasteiger partial charge in [-0.15, -0.1) is 11.3 Å². The summed E-state index contributed by atoms with van der Waals surface area (Å²) in [7, 11) is 0. The molecule has 2 aromatic rings. The highest BCUT2D eigenvalue weighted by Crippen LogP contribution is 2.25. The van der Waals surface area contributed by atoms with Crippen LogP contribution < -0.4 is 4.90 Å². The van der Waals surface area contributed by atoms with Crippen LogP contribution in [0.2, 0.25) is 0 Å². The Bertz CT molecular complexity index is 637. The molecular formula is C14H15N3O3S. The molecule has 2 heterocycles. The van der Waals surface area contributed by atoms with Crippen molar-refractivity contribution in [3.8, 4) is 11.5 Å². The van der Waals surface area contributed by atoms with Crippen molar-refractivity contribution in [2.24, 2.45) is 0 Å². The zero-order valence-electron chi connectivity index (χ0n) is 11.3. The number of aromatic nitrogens is 1. The van der Waals surface area contributed by atoms with Crippen molar-refractivity contribution in [1.82, 2.24) is 9.88 Å². The first kappa shape index (κ1) is 13.7. The Hall–Kier alpha value is -2.28. The van der Waals surface area contributed by atoms with Gasteiger partial charge in [-0.2, -0.15) is 0 Å². The molecule has 6 nitrogen and oxygen atoms in total. The fourth-order valence-electron chi connectivity index (χ4n) is 2.34. The highest BCUT2D eigenvalue weighted by atomic mass is 32.1. The molecule has 0 spiro atoms. The zero-order valence-corrected chi connectivity index (χ0v) is 12.1. The summed E-state index contributed by atoms with van der Waals surface area (Å²) in [5.41, 5.74) is 0.218. The zero-order chi connectivity index (χ0) is 14.8. The lowest BCUT2D eigenvalue weighted by atomic mass is 10.1. The molecule has 0 unspecified atom stereocenters. The first-order valence-electron chi connectivity index (χ1n) is 6.61. The van der Waals surface area contributed by atoms with Gasteiger partial charge in [-0.05, 0) is 12.1 Å². The number of hydrogen-bond donors (Lipinski definition) is 2. The highest BCUT2D eigenvalue weighted by molar-refractivity contribution is 7.13. The molecule has 1 aromatic carbocycles. The smallest absolute Gasteiger partial charge is 0.257 e. The molecule has 110 valence electrons. The number of piperazine rings is 1. The second-order valence-corrected chi connectivity index (χ2v) is 5.67. The van der Waals surface area contributed by atoms with Gasteiger partial charge in [0.25, 0.3) is 5.91 Å². The van der Waals surface area contributed by atoms with Crippen molar-refractivity contribution in [1.29, 1.82) is 0 Å². The molecule has 1 fully saturated rings. The average Bonchev–Trinajstić information content (AvgIpc) is 3.01. The van der Waals surface area contributed by atoms with E-state index in [2.05, 4.69) is 9.88 Å². The molecule has 21 heavy (non-hydrogen) atoms. The third kappa shape index (κ3) is 2.78. The molecule has 1 amide bonds. The fourth-order valence-corrected chi connectivity index (χ4v) is 3.04. The predicted octanol–water partition coefficient (Wildman–Crippen LogP) is 1.52. The van der Waals surface area contributed by atoms with Crippen molar-refractivity contribution < 1.29 is 15.0 Å². The van der Waals surface area contributed by atoms with Gasteiger partial charge >= 0.3 is 0 Å². The number of phenols is 2. The van der Waals surface area contributed by atoms with E-state index >= 15 is 0 Å². The second kappa shape index (κ2) is 5.61. The number of nitrogens with zero attached hydrogens (tertiary/aromatic N) is 3. The maximum absolute atomic E-state index is 12.4. The summed E-state index contributed by atoms with van der Waals surface area (Å²) in [5.74, 6) is -0.466.